The van der Waals surface area contributed by atoms with Crippen molar-refractivity contribution in [3.63, 3.8) is 0 Å². The van der Waals surface area contributed by atoms with Gasteiger partial charge < -0.3 is 10.2 Å². The van der Waals surface area contributed by atoms with Crippen LogP contribution in [0.4, 0.5) is 0 Å². The first-order valence-electron chi connectivity index (χ1n) is 8.27. The van der Waals surface area contributed by atoms with E-state index in [0.717, 1.165) is 37.4 Å². The van der Waals surface area contributed by atoms with Crippen molar-refractivity contribution < 1.29 is 4.79 Å². The molecule has 1 amide bonds. The fraction of sp³-hybridized carbons (Fsp3) is 0.611. The Morgan fingerprint density at radius 3 is 2.36 bits per heavy atom. The summed E-state index contributed by atoms with van der Waals surface area (Å²) in [5.74, 6) is 1.21. The number of halogens is 1. The highest BCUT2D eigenvalue weighted by atomic mass is 35.5. The van der Waals surface area contributed by atoms with Crippen LogP contribution in [0.5, 0.6) is 0 Å². The topological polar surface area (TPSA) is 32.3 Å². The number of piperidine rings is 1. The van der Waals surface area contributed by atoms with Crippen molar-refractivity contribution in [3.05, 3.63) is 35.4 Å². The van der Waals surface area contributed by atoms with Crippen LogP contribution in [-0.2, 0) is 11.2 Å². The molecule has 1 saturated heterocycles. The monoisotopic (exact) mass is 322 g/mol. The van der Waals surface area contributed by atoms with Gasteiger partial charge >= 0.3 is 0 Å². The first-order chi connectivity index (χ1) is 10.2. The van der Waals surface area contributed by atoms with Crippen molar-refractivity contribution in [1.29, 1.82) is 0 Å². The molecule has 0 bridgehead atoms. The van der Waals surface area contributed by atoms with Crippen molar-refractivity contribution in [2.75, 3.05) is 19.6 Å². The normalized spacial score (nSPS) is 18.9. The molecule has 4 heteroatoms. The van der Waals surface area contributed by atoms with E-state index in [1.54, 1.807) is 0 Å². The molecule has 1 N–H and O–H groups in total. The molecule has 3 rings (SSSR count). The number of likely N-dealkylation sites (tertiary alicyclic amines) is 1. The average Bonchev–Trinajstić information content (AvgIpc) is 3.32. The molecule has 2 aliphatic rings. The number of carbonyl (C=O) groups excluding carboxylic acids is 1. The second-order valence-electron chi connectivity index (χ2n) is 6.67. The van der Waals surface area contributed by atoms with Crippen molar-refractivity contribution in [1.82, 2.24) is 10.2 Å². The Bertz CT molecular complexity index is 476. The first kappa shape index (κ1) is 17.3. The molecule has 22 heavy (non-hydrogen) atoms. The number of amides is 1. The van der Waals surface area contributed by atoms with Crippen LogP contribution in [0.15, 0.2) is 24.3 Å². The van der Waals surface area contributed by atoms with Crippen molar-refractivity contribution in [2.45, 2.75) is 45.1 Å². The summed E-state index contributed by atoms with van der Waals surface area (Å²) in [6, 6.07) is 8.91. The van der Waals surface area contributed by atoms with Gasteiger partial charge in [-0.2, -0.15) is 0 Å². The van der Waals surface area contributed by atoms with E-state index < -0.39 is 0 Å². The predicted octanol–water partition coefficient (Wildman–Crippen LogP) is 2.95. The Morgan fingerprint density at radius 1 is 1.14 bits per heavy atom. The van der Waals surface area contributed by atoms with Gasteiger partial charge in [-0.3, -0.25) is 4.79 Å². The number of benzene rings is 1. The fourth-order valence-corrected chi connectivity index (χ4v) is 2.98. The van der Waals surface area contributed by atoms with Crippen LogP contribution in [0.1, 0.15) is 36.8 Å². The van der Waals surface area contributed by atoms with Crippen molar-refractivity contribution in [2.24, 2.45) is 5.92 Å². The summed E-state index contributed by atoms with van der Waals surface area (Å²) < 4.78 is 0. The number of nitrogens with one attached hydrogen (secondary N) is 1. The van der Waals surface area contributed by atoms with Gasteiger partial charge in [0.25, 0.3) is 0 Å². The van der Waals surface area contributed by atoms with Gasteiger partial charge in [-0.1, -0.05) is 29.8 Å². The molecule has 1 heterocycles. The molecule has 1 aliphatic heterocycles. The summed E-state index contributed by atoms with van der Waals surface area (Å²) in [4.78, 5) is 14.4. The fourth-order valence-electron chi connectivity index (χ4n) is 2.98. The summed E-state index contributed by atoms with van der Waals surface area (Å²) >= 11 is 0. The summed E-state index contributed by atoms with van der Waals surface area (Å²) in [6.45, 7) is 5.08. The molecular weight excluding hydrogens is 296 g/mol. The molecule has 0 radical (unpaired) electrons. The minimum Gasteiger partial charge on any atom is -0.342 e. The van der Waals surface area contributed by atoms with Gasteiger partial charge in [-0.05, 0) is 50.6 Å². The molecule has 1 aliphatic carbocycles. The van der Waals surface area contributed by atoms with E-state index in [9.17, 15) is 4.79 Å². The van der Waals surface area contributed by atoms with Gasteiger partial charge in [0.1, 0.15) is 0 Å². The van der Waals surface area contributed by atoms with Crippen LogP contribution >= 0.6 is 12.4 Å². The maximum absolute atomic E-state index is 12.3. The zero-order valence-corrected chi connectivity index (χ0v) is 14.2. The Hall–Kier alpha value is -1.06. The number of nitrogens with zero attached hydrogens (tertiary/aromatic N) is 1. The average molecular weight is 323 g/mol. The second kappa shape index (κ2) is 7.98. The van der Waals surface area contributed by atoms with Gasteiger partial charge in [0.2, 0.25) is 5.91 Å². The zero-order chi connectivity index (χ0) is 14.7. The third-order valence-corrected chi connectivity index (χ3v) is 4.72. The molecule has 0 aromatic heterocycles. The standard InChI is InChI=1S/C18H26N2O.ClH/c1-14-2-4-15(5-3-14)12-18(21)20-10-8-17(9-11-20)19-13-16-6-7-16;/h2-5,16-17,19H,6-13H2,1H3;1H. The lowest BCUT2D eigenvalue weighted by atomic mass is 10.0. The Balaban J connectivity index is 0.00000176. The first-order valence-corrected chi connectivity index (χ1v) is 8.27. The minimum absolute atomic E-state index is 0. The van der Waals surface area contributed by atoms with Crippen LogP contribution in [0.3, 0.4) is 0 Å². The lowest BCUT2D eigenvalue weighted by Gasteiger charge is -2.32. The minimum atomic E-state index is 0. The Kier molecular flexibility index (Phi) is 6.27. The lowest BCUT2D eigenvalue weighted by molar-refractivity contribution is -0.131. The number of aryl methyl sites for hydroxylation is 1. The van der Waals surface area contributed by atoms with E-state index in [4.69, 9.17) is 0 Å². The molecule has 1 aromatic rings. The van der Waals surface area contributed by atoms with Crippen molar-refractivity contribution in [3.8, 4) is 0 Å². The highest BCUT2D eigenvalue weighted by molar-refractivity contribution is 5.85. The summed E-state index contributed by atoms with van der Waals surface area (Å²) in [6.07, 6.45) is 5.56. The number of hydrogen-bond donors (Lipinski definition) is 1. The molecule has 1 aromatic carbocycles. The number of carbonyl (C=O) groups is 1. The van der Waals surface area contributed by atoms with Crippen molar-refractivity contribution >= 4 is 18.3 Å². The molecule has 3 nitrogen and oxygen atoms in total. The highest BCUT2D eigenvalue weighted by Crippen LogP contribution is 2.28. The van der Waals surface area contributed by atoms with E-state index >= 15 is 0 Å². The van der Waals surface area contributed by atoms with E-state index in [1.165, 1.54) is 24.9 Å². The lowest BCUT2D eigenvalue weighted by Crippen LogP contribution is -2.45. The molecule has 1 saturated carbocycles. The number of hydrogen-bond acceptors (Lipinski definition) is 2. The van der Waals surface area contributed by atoms with Gasteiger partial charge in [0.15, 0.2) is 0 Å². The van der Waals surface area contributed by atoms with Crippen LogP contribution < -0.4 is 5.32 Å². The Morgan fingerprint density at radius 2 is 1.77 bits per heavy atom. The summed E-state index contributed by atoms with van der Waals surface area (Å²) in [5.41, 5.74) is 2.37. The molecular formula is C18H27ClN2O. The van der Waals surface area contributed by atoms with E-state index in [2.05, 4.69) is 36.5 Å². The smallest absolute Gasteiger partial charge is 0.226 e. The van der Waals surface area contributed by atoms with Crippen LogP contribution in [0, 0.1) is 12.8 Å². The number of rotatable bonds is 5. The van der Waals surface area contributed by atoms with Crippen LogP contribution in [0.2, 0.25) is 0 Å². The molecule has 122 valence electrons. The van der Waals surface area contributed by atoms with Gasteiger partial charge in [-0.15, -0.1) is 12.4 Å². The third kappa shape index (κ3) is 4.99. The largest absolute Gasteiger partial charge is 0.342 e. The molecule has 0 atom stereocenters. The maximum Gasteiger partial charge on any atom is 0.226 e. The SMILES string of the molecule is Cc1ccc(CC(=O)N2CCC(NCC3CC3)CC2)cc1.Cl. The van der Waals surface area contributed by atoms with Crippen LogP contribution in [-0.4, -0.2) is 36.5 Å². The maximum atomic E-state index is 12.3. The zero-order valence-electron chi connectivity index (χ0n) is 13.4. The van der Waals surface area contributed by atoms with Gasteiger partial charge in [-0.25, -0.2) is 0 Å². The predicted molar refractivity (Wildman–Crippen MR) is 92.5 cm³/mol. The third-order valence-electron chi connectivity index (χ3n) is 4.72. The summed E-state index contributed by atoms with van der Waals surface area (Å²) in [5, 5.41) is 3.66. The second-order valence-corrected chi connectivity index (χ2v) is 6.67. The van der Waals surface area contributed by atoms with Gasteiger partial charge in [0, 0.05) is 19.1 Å². The van der Waals surface area contributed by atoms with Crippen LogP contribution in [0.25, 0.3) is 0 Å². The van der Waals surface area contributed by atoms with E-state index in [1.807, 2.05) is 4.90 Å². The Labute approximate surface area is 139 Å². The molecule has 0 unspecified atom stereocenters. The van der Waals surface area contributed by atoms with E-state index in [-0.39, 0.29) is 18.3 Å². The highest BCUT2D eigenvalue weighted by Gasteiger charge is 2.25. The quantitative estimate of drug-likeness (QED) is 0.904. The van der Waals surface area contributed by atoms with Gasteiger partial charge in [0.05, 0.1) is 6.42 Å². The summed E-state index contributed by atoms with van der Waals surface area (Å²) in [7, 11) is 0. The van der Waals surface area contributed by atoms with E-state index in [0.29, 0.717) is 12.5 Å². The molecule has 0 spiro atoms. The molecule has 2 fully saturated rings.